The molecule has 4 rings (SSSR count). The molecule has 0 saturated heterocycles. The zero-order valence-corrected chi connectivity index (χ0v) is 19.6. The van der Waals surface area contributed by atoms with E-state index in [2.05, 4.69) is 40.0 Å². The lowest BCUT2D eigenvalue weighted by Crippen LogP contribution is -2.12. The van der Waals surface area contributed by atoms with Crippen molar-refractivity contribution in [2.75, 3.05) is 14.1 Å². The van der Waals surface area contributed by atoms with Gasteiger partial charge in [-0.1, -0.05) is 30.7 Å². The predicted molar refractivity (Wildman–Crippen MR) is 137 cm³/mol. The van der Waals surface area contributed by atoms with E-state index in [1.54, 1.807) is 12.4 Å². The van der Waals surface area contributed by atoms with Gasteiger partial charge in [0.25, 0.3) is 0 Å². The van der Waals surface area contributed by atoms with E-state index >= 15 is 0 Å². The maximum absolute atomic E-state index is 6.21. The third kappa shape index (κ3) is 5.11. The second-order valence-electron chi connectivity index (χ2n) is 8.12. The van der Waals surface area contributed by atoms with Gasteiger partial charge in [-0.05, 0) is 30.7 Å². The second kappa shape index (κ2) is 9.97. The Kier molecular flexibility index (Phi) is 6.65. The minimum Gasteiger partial charge on any atom is -0.457 e. The summed E-state index contributed by atoms with van der Waals surface area (Å²) in [6.07, 6.45) is 15.0. The van der Waals surface area contributed by atoms with Crippen molar-refractivity contribution in [3.8, 4) is 23.8 Å². The van der Waals surface area contributed by atoms with Gasteiger partial charge in [-0.15, -0.1) is 6.42 Å². The van der Waals surface area contributed by atoms with E-state index < -0.39 is 0 Å². The fraction of sp³-hybridized carbons (Fsp3) is 0.143. The van der Waals surface area contributed by atoms with Crippen molar-refractivity contribution in [2.45, 2.75) is 13.5 Å². The highest BCUT2D eigenvalue weighted by atomic mass is 16.5. The Balaban J connectivity index is 1.50. The highest BCUT2D eigenvalue weighted by Crippen LogP contribution is 2.30. The molecule has 3 heterocycles. The summed E-state index contributed by atoms with van der Waals surface area (Å²) in [5.74, 6) is 4.10. The van der Waals surface area contributed by atoms with Crippen molar-refractivity contribution in [3.63, 3.8) is 0 Å². The average molecular weight is 450 g/mol. The summed E-state index contributed by atoms with van der Waals surface area (Å²) in [6, 6.07) is 13.7. The lowest BCUT2D eigenvalue weighted by atomic mass is 10.1. The van der Waals surface area contributed by atoms with Crippen molar-refractivity contribution in [1.82, 2.24) is 24.6 Å². The van der Waals surface area contributed by atoms with Gasteiger partial charge in [-0.25, -0.2) is 4.98 Å². The molecule has 6 nitrogen and oxygen atoms in total. The molecule has 6 heteroatoms. The van der Waals surface area contributed by atoms with Crippen LogP contribution in [0.5, 0.6) is 11.5 Å². The van der Waals surface area contributed by atoms with Crippen LogP contribution in [-0.2, 0) is 6.54 Å². The van der Waals surface area contributed by atoms with Crippen LogP contribution in [0.25, 0.3) is 16.9 Å². The van der Waals surface area contributed by atoms with Gasteiger partial charge < -0.3 is 19.4 Å². The first-order valence-corrected chi connectivity index (χ1v) is 10.9. The van der Waals surface area contributed by atoms with Gasteiger partial charge in [0.05, 0.1) is 11.3 Å². The second-order valence-corrected chi connectivity index (χ2v) is 8.12. The molecule has 34 heavy (non-hydrogen) atoms. The Morgan fingerprint density at radius 1 is 1.21 bits per heavy atom. The molecule has 0 aliphatic heterocycles. The molecule has 0 radical (unpaired) electrons. The number of nitrogens with zero attached hydrogens (tertiary/aromatic N) is 4. The number of aromatic nitrogens is 3. The smallest absolute Gasteiger partial charge is 0.136 e. The fourth-order valence-corrected chi connectivity index (χ4v) is 3.61. The lowest BCUT2D eigenvalue weighted by Gasteiger charge is -2.16. The standard InChI is InChI=1S/C28H27N5O/c1-6-23(19-32(4)5)26-16-24(12-13-29-26)34-27-9-7-8-25(20(27)2)21(3)31-17-22-10-11-28-30-14-15-33(28)18-22/h1,7-16,18-19,31H,3,17H2,2,4-5H3/b23-19+. The number of hydrogen-bond donors (Lipinski definition) is 1. The summed E-state index contributed by atoms with van der Waals surface area (Å²) in [5.41, 5.74) is 6.24. The Hall–Kier alpha value is -4.50. The summed E-state index contributed by atoms with van der Waals surface area (Å²) in [7, 11) is 3.84. The van der Waals surface area contributed by atoms with Crippen LogP contribution in [0.15, 0.2) is 80.0 Å². The van der Waals surface area contributed by atoms with Crippen molar-refractivity contribution in [2.24, 2.45) is 0 Å². The van der Waals surface area contributed by atoms with Crippen LogP contribution in [0.3, 0.4) is 0 Å². The number of hydrogen-bond acceptors (Lipinski definition) is 5. The highest BCUT2D eigenvalue weighted by molar-refractivity contribution is 5.76. The number of pyridine rings is 2. The maximum atomic E-state index is 6.21. The van der Waals surface area contributed by atoms with Crippen LogP contribution in [0.1, 0.15) is 22.4 Å². The number of allylic oxidation sites excluding steroid dienone is 1. The summed E-state index contributed by atoms with van der Waals surface area (Å²) >= 11 is 0. The molecule has 0 saturated carbocycles. The summed E-state index contributed by atoms with van der Waals surface area (Å²) in [4.78, 5) is 10.6. The van der Waals surface area contributed by atoms with Gasteiger partial charge in [-0.2, -0.15) is 0 Å². The number of terminal acetylenes is 1. The van der Waals surface area contributed by atoms with E-state index in [1.165, 1.54) is 0 Å². The first-order chi connectivity index (χ1) is 16.4. The topological polar surface area (TPSA) is 54.7 Å². The van der Waals surface area contributed by atoms with E-state index in [0.29, 0.717) is 23.6 Å². The fourth-order valence-electron chi connectivity index (χ4n) is 3.61. The molecule has 1 N–H and O–H groups in total. The number of ether oxygens (including phenoxy) is 1. The van der Waals surface area contributed by atoms with Crippen LogP contribution in [0.2, 0.25) is 0 Å². The van der Waals surface area contributed by atoms with Crippen LogP contribution in [-0.4, -0.2) is 33.4 Å². The number of rotatable bonds is 8. The van der Waals surface area contributed by atoms with Gasteiger partial charge in [0, 0.05) is 74.5 Å². The minimum atomic E-state index is 0.651. The Morgan fingerprint density at radius 2 is 2.06 bits per heavy atom. The Labute approximate surface area is 200 Å². The maximum Gasteiger partial charge on any atom is 0.136 e. The third-order valence-corrected chi connectivity index (χ3v) is 5.34. The summed E-state index contributed by atoms with van der Waals surface area (Å²) in [6.45, 7) is 6.92. The average Bonchev–Trinajstić information content (AvgIpc) is 3.30. The largest absolute Gasteiger partial charge is 0.457 e. The highest BCUT2D eigenvalue weighted by Gasteiger charge is 2.11. The molecule has 0 spiro atoms. The lowest BCUT2D eigenvalue weighted by molar-refractivity contribution is 0.477. The molecule has 0 fully saturated rings. The number of nitrogens with one attached hydrogen (secondary N) is 1. The van der Waals surface area contributed by atoms with E-state index in [9.17, 15) is 0 Å². The molecule has 1 aromatic carbocycles. The molecule has 170 valence electrons. The van der Waals surface area contributed by atoms with E-state index in [1.807, 2.05) is 79.1 Å². The van der Waals surface area contributed by atoms with Crippen LogP contribution < -0.4 is 10.1 Å². The third-order valence-electron chi connectivity index (χ3n) is 5.34. The molecule has 0 amide bonds. The summed E-state index contributed by atoms with van der Waals surface area (Å²) in [5, 5.41) is 3.43. The minimum absolute atomic E-state index is 0.651. The van der Waals surface area contributed by atoms with Crippen LogP contribution >= 0.6 is 0 Å². The molecule has 0 bridgehead atoms. The van der Waals surface area contributed by atoms with Gasteiger partial charge in [0.1, 0.15) is 17.1 Å². The van der Waals surface area contributed by atoms with Crippen molar-refractivity contribution in [3.05, 3.63) is 102 Å². The number of imidazole rings is 1. The molecule has 0 atom stereocenters. The van der Waals surface area contributed by atoms with Crippen molar-refractivity contribution >= 4 is 16.9 Å². The van der Waals surface area contributed by atoms with Crippen LogP contribution in [0, 0.1) is 19.3 Å². The summed E-state index contributed by atoms with van der Waals surface area (Å²) < 4.78 is 8.22. The Morgan fingerprint density at radius 3 is 2.85 bits per heavy atom. The predicted octanol–water partition coefficient (Wildman–Crippen LogP) is 5.13. The SMILES string of the molecule is C#C/C(=C\N(C)C)c1cc(Oc2cccc(C(=C)NCc3ccc4nccn4c3)c2C)ccn1. The Bertz CT molecular complexity index is 1410. The molecule has 0 aliphatic rings. The normalized spacial score (nSPS) is 11.2. The van der Waals surface area contributed by atoms with Gasteiger partial charge in [0.2, 0.25) is 0 Å². The van der Waals surface area contributed by atoms with Crippen molar-refractivity contribution < 1.29 is 4.74 Å². The van der Waals surface area contributed by atoms with E-state index in [4.69, 9.17) is 11.2 Å². The van der Waals surface area contributed by atoms with Gasteiger partial charge in [-0.3, -0.25) is 4.98 Å². The van der Waals surface area contributed by atoms with Gasteiger partial charge in [0.15, 0.2) is 0 Å². The molecular weight excluding hydrogens is 422 g/mol. The molecular formula is C28H27N5O. The van der Waals surface area contributed by atoms with Crippen LogP contribution in [0.4, 0.5) is 0 Å². The number of benzene rings is 1. The number of fused-ring (bicyclic) bond motifs is 1. The molecule has 0 unspecified atom stereocenters. The molecule has 3 aromatic heterocycles. The van der Waals surface area contributed by atoms with Gasteiger partial charge >= 0.3 is 0 Å². The first kappa shape index (κ1) is 22.7. The van der Waals surface area contributed by atoms with Crippen molar-refractivity contribution in [1.29, 1.82) is 0 Å². The monoisotopic (exact) mass is 449 g/mol. The first-order valence-electron chi connectivity index (χ1n) is 10.9. The van der Waals surface area contributed by atoms with E-state index in [0.717, 1.165) is 33.8 Å². The molecule has 0 aliphatic carbocycles. The van der Waals surface area contributed by atoms with E-state index in [-0.39, 0.29) is 0 Å². The quantitative estimate of drug-likeness (QED) is 0.378. The molecule has 4 aromatic rings. The zero-order chi connectivity index (χ0) is 24.1. The zero-order valence-electron chi connectivity index (χ0n) is 19.6.